The van der Waals surface area contributed by atoms with E-state index < -0.39 is 0 Å². The van der Waals surface area contributed by atoms with Crippen molar-refractivity contribution in [1.29, 1.82) is 0 Å². The standard InChI is InChI=1S/C18H24N2O/c1-4-10-19-12-16-11-14(3)18(20-13-16)21-17-8-6-15(5-2)7-9-17/h6-9,11,13,19H,4-5,10,12H2,1-3H3. The number of aryl methyl sites for hydroxylation is 2. The number of pyridine rings is 1. The molecule has 0 aliphatic carbocycles. The van der Waals surface area contributed by atoms with E-state index in [0.29, 0.717) is 5.88 Å². The summed E-state index contributed by atoms with van der Waals surface area (Å²) in [5.41, 5.74) is 3.56. The van der Waals surface area contributed by atoms with Crippen LogP contribution in [0, 0.1) is 6.92 Å². The molecule has 0 amide bonds. The van der Waals surface area contributed by atoms with Gasteiger partial charge in [-0.25, -0.2) is 4.98 Å². The third-order valence-electron chi connectivity index (χ3n) is 3.39. The fourth-order valence-electron chi connectivity index (χ4n) is 2.14. The monoisotopic (exact) mass is 284 g/mol. The number of aromatic nitrogens is 1. The molecule has 0 saturated carbocycles. The van der Waals surface area contributed by atoms with Crippen molar-refractivity contribution in [2.24, 2.45) is 0 Å². The Balaban J connectivity index is 2.02. The Hall–Kier alpha value is -1.87. The molecule has 1 aromatic heterocycles. The minimum absolute atomic E-state index is 0.679. The first-order chi connectivity index (χ1) is 10.2. The second-order valence-corrected chi connectivity index (χ2v) is 5.24. The molecule has 112 valence electrons. The van der Waals surface area contributed by atoms with Crippen LogP contribution in [0.3, 0.4) is 0 Å². The van der Waals surface area contributed by atoms with Gasteiger partial charge in [0.15, 0.2) is 0 Å². The number of nitrogens with zero attached hydrogens (tertiary/aromatic N) is 1. The van der Waals surface area contributed by atoms with E-state index in [4.69, 9.17) is 4.74 Å². The highest BCUT2D eigenvalue weighted by Gasteiger charge is 2.05. The zero-order chi connectivity index (χ0) is 15.1. The van der Waals surface area contributed by atoms with Crippen LogP contribution in [-0.4, -0.2) is 11.5 Å². The highest BCUT2D eigenvalue weighted by molar-refractivity contribution is 5.35. The highest BCUT2D eigenvalue weighted by Crippen LogP contribution is 2.23. The molecule has 2 aromatic rings. The van der Waals surface area contributed by atoms with Gasteiger partial charge in [0.05, 0.1) is 0 Å². The highest BCUT2D eigenvalue weighted by atomic mass is 16.5. The van der Waals surface area contributed by atoms with E-state index in [9.17, 15) is 0 Å². The van der Waals surface area contributed by atoms with E-state index in [1.165, 1.54) is 11.1 Å². The lowest BCUT2D eigenvalue weighted by Crippen LogP contribution is -2.14. The van der Waals surface area contributed by atoms with E-state index >= 15 is 0 Å². The molecule has 21 heavy (non-hydrogen) atoms. The summed E-state index contributed by atoms with van der Waals surface area (Å²) in [5, 5.41) is 3.38. The summed E-state index contributed by atoms with van der Waals surface area (Å²) in [5.74, 6) is 1.51. The van der Waals surface area contributed by atoms with Gasteiger partial charge in [-0.2, -0.15) is 0 Å². The average Bonchev–Trinajstić information content (AvgIpc) is 2.51. The Morgan fingerprint density at radius 3 is 2.48 bits per heavy atom. The van der Waals surface area contributed by atoms with Crippen molar-refractivity contribution in [2.45, 2.75) is 40.2 Å². The van der Waals surface area contributed by atoms with Crippen molar-refractivity contribution in [1.82, 2.24) is 10.3 Å². The summed E-state index contributed by atoms with van der Waals surface area (Å²) < 4.78 is 5.86. The predicted octanol–water partition coefficient (Wildman–Crippen LogP) is 4.24. The first-order valence-electron chi connectivity index (χ1n) is 7.66. The molecule has 1 aromatic carbocycles. The van der Waals surface area contributed by atoms with Crippen LogP contribution in [0.1, 0.15) is 37.0 Å². The van der Waals surface area contributed by atoms with Gasteiger partial charge in [-0.05, 0) is 55.6 Å². The third-order valence-corrected chi connectivity index (χ3v) is 3.39. The molecule has 0 bridgehead atoms. The largest absolute Gasteiger partial charge is 0.439 e. The Bertz CT molecular complexity index is 564. The van der Waals surface area contributed by atoms with Gasteiger partial charge in [0.2, 0.25) is 5.88 Å². The summed E-state index contributed by atoms with van der Waals surface area (Å²) in [6.45, 7) is 8.23. The molecule has 3 heteroatoms. The van der Waals surface area contributed by atoms with Crippen LogP contribution in [0.4, 0.5) is 0 Å². The fraction of sp³-hybridized carbons (Fsp3) is 0.389. The van der Waals surface area contributed by atoms with E-state index in [0.717, 1.165) is 37.2 Å². The topological polar surface area (TPSA) is 34.2 Å². The van der Waals surface area contributed by atoms with Crippen LogP contribution in [0.25, 0.3) is 0 Å². The Morgan fingerprint density at radius 2 is 1.86 bits per heavy atom. The summed E-state index contributed by atoms with van der Waals surface area (Å²) in [6, 6.07) is 10.3. The zero-order valence-corrected chi connectivity index (χ0v) is 13.1. The van der Waals surface area contributed by atoms with Crippen molar-refractivity contribution in [2.75, 3.05) is 6.54 Å². The van der Waals surface area contributed by atoms with Crippen molar-refractivity contribution in [3.8, 4) is 11.6 Å². The Kier molecular flexibility index (Phi) is 5.76. The molecule has 0 aliphatic rings. The van der Waals surface area contributed by atoms with Crippen LogP contribution >= 0.6 is 0 Å². The Labute approximate surface area is 127 Å². The van der Waals surface area contributed by atoms with Gasteiger partial charge >= 0.3 is 0 Å². The molecule has 2 rings (SSSR count). The normalized spacial score (nSPS) is 10.6. The molecule has 0 saturated heterocycles. The summed E-state index contributed by atoms with van der Waals surface area (Å²) in [4.78, 5) is 4.43. The molecule has 1 N–H and O–H groups in total. The van der Waals surface area contributed by atoms with Crippen molar-refractivity contribution in [3.63, 3.8) is 0 Å². The predicted molar refractivity (Wildman–Crippen MR) is 86.9 cm³/mol. The second-order valence-electron chi connectivity index (χ2n) is 5.24. The van der Waals surface area contributed by atoms with Gasteiger partial charge < -0.3 is 10.1 Å². The zero-order valence-electron chi connectivity index (χ0n) is 13.1. The number of hydrogen-bond donors (Lipinski definition) is 1. The second kappa shape index (κ2) is 7.79. The summed E-state index contributed by atoms with van der Waals surface area (Å²) in [6.07, 6.45) is 4.06. The maximum absolute atomic E-state index is 5.86. The minimum atomic E-state index is 0.679. The van der Waals surface area contributed by atoms with E-state index in [1.54, 1.807) is 0 Å². The van der Waals surface area contributed by atoms with Crippen LogP contribution in [0.2, 0.25) is 0 Å². The lowest BCUT2D eigenvalue weighted by atomic mass is 10.2. The quantitative estimate of drug-likeness (QED) is 0.772. The number of nitrogens with one attached hydrogen (secondary N) is 1. The van der Waals surface area contributed by atoms with Crippen molar-refractivity contribution >= 4 is 0 Å². The number of benzene rings is 1. The maximum Gasteiger partial charge on any atom is 0.222 e. The van der Waals surface area contributed by atoms with E-state index in [-0.39, 0.29) is 0 Å². The number of rotatable bonds is 7. The smallest absolute Gasteiger partial charge is 0.222 e. The molecule has 1 heterocycles. The Morgan fingerprint density at radius 1 is 1.10 bits per heavy atom. The number of ether oxygens (including phenoxy) is 1. The lowest BCUT2D eigenvalue weighted by molar-refractivity contribution is 0.458. The van der Waals surface area contributed by atoms with Gasteiger partial charge in [0.1, 0.15) is 5.75 Å². The van der Waals surface area contributed by atoms with Crippen LogP contribution in [0.15, 0.2) is 36.5 Å². The molecule has 0 aliphatic heterocycles. The SMILES string of the molecule is CCCNCc1cnc(Oc2ccc(CC)cc2)c(C)c1. The third kappa shape index (κ3) is 4.57. The van der Waals surface area contributed by atoms with Gasteiger partial charge in [-0.1, -0.05) is 26.0 Å². The van der Waals surface area contributed by atoms with Crippen LogP contribution in [-0.2, 0) is 13.0 Å². The molecule has 0 radical (unpaired) electrons. The molecule has 0 atom stereocenters. The van der Waals surface area contributed by atoms with Crippen LogP contribution < -0.4 is 10.1 Å². The molecule has 3 nitrogen and oxygen atoms in total. The van der Waals surface area contributed by atoms with Crippen molar-refractivity contribution in [3.05, 3.63) is 53.2 Å². The minimum Gasteiger partial charge on any atom is -0.439 e. The first kappa shape index (κ1) is 15.5. The molecule has 0 spiro atoms. The average molecular weight is 284 g/mol. The van der Waals surface area contributed by atoms with E-state index in [2.05, 4.69) is 42.3 Å². The van der Waals surface area contributed by atoms with Gasteiger partial charge in [-0.15, -0.1) is 0 Å². The molecular formula is C18H24N2O. The van der Waals surface area contributed by atoms with Crippen LogP contribution in [0.5, 0.6) is 11.6 Å². The van der Waals surface area contributed by atoms with Gasteiger partial charge in [0.25, 0.3) is 0 Å². The van der Waals surface area contributed by atoms with E-state index in [1.807, 2.05) is 25.3 Å². The molecular weight excluding hydrogens is 260 g/mol. The van der Waals surface area contributed by atoms with Gasteiger partial charge in [0, 0.05) is 18.3 Å². The molecule has 0 fully saturated rings. The fourth-order valence-corrected chi connectivity index (χ4v) is 2.14. The van der Waals surface area contributed by atoms with Gasteiger partial charge in [-0.3, -0.25) is 0 Å². The number of hydrogen-bond acceptors (Lipinski definition) is 3. The van der Waals surface area contributed by atoms with Crippen molar-refractivity contribution < 1.29 is 4.74 Å². The lowest BCUT2D eigenvalue weighted by Gasteiger charge is -2.10. The molecule has 0 unspecified atom stereocenters. The summed E-state index contributed by atoms with van der Waals surface area (Å²) >= 11 is 0. The first-order valence-corrected chi connectivity index (χ1v) is 7.66. The summed E-state index contributed by atoms with van der Waals surface area (Å²) in [7, 11) is 0. The maximum atomic E-state index is 5.86.